The Morgan fingerprint density at radius 3 is 2.47 bits per heavy atom. The zero-order chi connectivity index (χ0) is 21.6. The number of nitrogens with one attached hydrogen (secondary N) is 1. The first-order valence-corrected chi connectivity index (χ1v) is 9.65. The summed E-state index contributed by atoms with van der Waals surface area (Å²) in [6, 6.07) is 11.2. The summed E-state index contributed by atoms with van der Waals surface area (Å²) in [5, 5.41) is 58.1. The highest BCUT2D eigenvalue weighted by molar-refractivity contribution is 5.92. The molecular formula is C21H25N3O6. The Hall–Kier alpha value is -2.53. The smallest absolute Gasteiger partial charge is 0.153 e. The van der Waals surface area contributed by atoms with Gasteiger partial charge in [0, 0.05) is 5.39 Å². The Morgan fingerprint density at radius 2 is 1.77 bits per heavy atom. The quantitative estimate of drug-likeness (QED) is 0.313. The standard InChI is InChI=1S/C21H25N3O6/c1-9-6-10(11-3-5-14-13(7-11)21(22)24-23-14)2-4-12(9)16(26)20-19(29)18(28)17(27)15(8-25)30-20/h2-7,15-20,25-29H,8H2,1H3,(H3,22,23,24)/t15-,16-,17-,18+,19+,20-/m1/s1. The summed E-state index contributed by atoms with van der Waals surface area (Å²) >= 11 is 0. The molecule has 9 heteroatoms. The highest BCUT2D eigenvalue weighted by Crippen LogP contribution is 2.34. The lowest BCUT2D eigenvalue weighted by Crippen LogP contribution is -2.59. The number of aliphatic hydroxyl groups is 5. The summed E-state index contributed by atoms with van der Waals surface area (Å²) in [6.07, 6.45) is -8.06. The molecule has 2 heterocycles. The van der Waals surface area contributed by atoms with Crippen molar-refractivity contribution in [2.24, 2.45) is 0 Å². The fourth-order valence-electron chi connectivity index (χ4n) is 3.97. The maximum absolute atomic E-state index is 10.8. The van der Waals surface area contributed by atoms with Crippen LogP contribution in [0.15, 0.2) is 36.4 Å². The van der Waals surface area contributed by atoms with Gasteiger partial charge in [-0.05, 0) is 41.3 Å². The largest absolute Gasteiger partial charge is 0.394 e. The Labute approximate surface area is 172 Å². The number of ether oxygens (including phenoxy) is 1. The number of nitrogen functional groups attached to an aromatic ring is 1. The number of hydrogen-bond acceptors (Lipinski definition) is 8. The number of nitrogens with zero attached hydrogens (tertiary/aromatic N) is 1. The second kappa shape index (κ2) is 7.95. The monoisotopic (exact) mass is 415 g/mol. The predicted octanol–water partition coefficient (Wildman–Crippen LogP) is -0.00368. The summed E-state index contributed by atoms with van der Waals surface area (Å²) < 4.78 is 5.48. The summed E-state index contributed by atoms with van der Waals surface area (Å²) in [4.78, 5) is 0. The fraction of sp³-hybridized carbons (Fsp3) is 0.381. The number of aryl methyl sites for hydroxylation is 1. The lowest BCUT2D eigenvalue weighted by Gasteiger charge is -2.42. The topological polar surface area (TPSA) is 165 Å². The Bertz CT molecular complexity index is 1050. The van der Waals surface area contributed by atoms with Crippen LogP contribution >= 0.6 is 0 Å². The molecule has 4 rings (SSSR count). The molecule has 0 spiro atoms. The number of aromatic nitrogens is 2. The van der Waals surface area contributed by atoms with Crippen LogP contribution in [0.25, 0.3) is 22.0 Å². The molecule has 1 saturated heterocycles. The first kappa shape index (κ1) is 20.7. The van der Waals surface area contributed by atoms with Crippen LogP contribution in [0.5, 0.6) is 0 Å². The van der Waals surface area contributed by atoms with Gasteiger partial charge in [-0.1, -0.05) is 24.3 Å². The van der Waals surface area contributed by atoms with Gasteiger partial charge in [0.1, 0.15) is 36.6 Å². The molecule has 2 aromatic carbocycles. The van der Waals surface area contributed by atoms with E-state index in [1.165, 1.54) is 0 Å². The number of fused-ring (bicyclic) bond motifs is 1. The van der Waals surface area contributed by atoms with E-state index < -0.39 is 43.2 Å². The minimum atomic E-state index is -1.54. The van der Waals surface area contributed by atoms with Gasteiger partial charge < -0.3 is 36.0 Å². The molecule has 30 heavy (non-hydrogen) atoms. The second-order valence-corrected chi connectivity index (χ2v) is 7.68. The van der Waals surface area contributed by atoms with E-state index in [2.05, 4.69) is 10.2 Å². The van der Waals surface area contributed by atoms with Crippen LogP contribution < -0.4 is 5.73 Å². The van der Waals surface area contributed by atoms with Crippen LogP contribution in [0.2, 0.25) is 0 Å². The van der Waals surface area contributed by atoms with Crippen LogP contribution in [0.3, 0.4) is 0 Å². The Morgan fingerprint density at radius 1 is 1.07 bits per heavy atom. The number of aromatic amines is 1. The Kier molecular flexibility index (Phi) is 5.49. The van der Waals surface area contributed by atoms with Crippen molar-refractivity contribution in [3.05, 3.63) is 47.5 Å². The number of benzene rings is 2. The van der Waals surface area contributed by atoms with E-state index in [1.54, 1.807) is 6.07 Å². The number of rotatable bonds is 4. The van der Waals surface area contributed by atoms with Gasteiger partial charge in [-0.15, -0.1) is 0 Å². The molecular weight excluding hydrogens is 390 g/mol. The van der Waals surface area contributed by atoms with E-state index in [0.717, 1.165) is 27.6 Å². The van der Waals surface area contributed by atoms with Gasteiger partial charge in [-0.3, -0.25) is 5.10 Å². The molecule has 1 aliphatic heterocycles. The summed E-state index contributed by atoms with van der Waals surface area (Å²) in [5.41, 5.74) is 9.80. The van der Waals surface area contributed by atoms with Crippen LogP contribution in [0.1, 0.15) is 17.2 Å². The normalized spacial score (nSPS) is 28.0. The number of H-pyrrole nitrogens is 1. The molecule has 0 radical (unpaired) electrons. The molecule has 1 aromatic heterocycles. The molecule has 160 valence electrons. The van der Waals surface area contributed by atoms with Crippen molar-refractivity contribution in [3.63, 3.8) is 0 Å². The molecule has 1 fully saturated rings. The van der Waals surface area contributed by atoms with Crippen LogP contribution in [0.4, 0.5) is 5.82 Å². The molecule has 3 aromatic rings. The lowest BCUT2D eigenvalue weighted by atomic mass is 9.88. The van der Waals surface area contributed by atoms with Crippen molar-refractivity contribution >= 4 is 16.7 Å². The van der Waals surface area contributed by atoms with E-state index in [9.17, 15) is 25.5 Å². The first-order valence-electron chi connectivity index (χ1n) is 9.65. The van der Waals surface area contributed by atoms with Crippen molar-refractivity contribution in [3.8, 4) is 11.1 Å². The maximum atomic E-state index is 10.8. The molecule has 0 saturated carbocycles. The zero-order valence-corrected chi connectivity index (χ0v) is 16.3. The van der Waals surface area contributed by atoms with E-state index in [0.29, 0.717) is 11.4 Å². The number of aliphatic hydroxyl groups excluding tert-OH is 5. The van der Waals surface area contributed by atoms with E-state index >= 15 is 0 Å². The minimum Gasteiger partial charge on any atom is -0.394 e. The molecule has 0 aliphatic carbocycles. The van der Waals surface area contributed by atoms with E-state index in [1.807, 2.05) is 37.3 Å². The van der Waals surface area contributed by atoms with Crippen molar-refractivity contribution in [2.45, 2.75) is 43.5 Å². The Balaban J connectivity index is 1.63. The number of hydrogen-bond donors (Lipinski definition) is 7. The van der Waals surface area contributed by atoms with Gasteiger partial charge >= 0.3 is 0 Å². The van der Waals surface area contributed by atoms with E-state index in [4.69, 9.17) is 10.5 Å². The molecule has 6 atom stereocenters. The highest BCUT2D eigenvalue weighted by atomic mass is 16.6. The highest BCUT2D eigenvalue weighted by Gasteiger charge is 2.46. The van der Waals surface area contributed by atoms with Crippen molar-refractivity contribution in [2.75, 3.05) is 12.3 Å². The third-order valence-electron chi connectivity index (χ3n) is 5.75. The maximum Gasteiger partial charge on any atom is 0.153 e. The minimum absolute atomic E-state index is 0.415. The van der Waals surface area contributed by atoms with Gasteiger partial charge in [0.15, 0.2) is 5.82 Å². The average Bonchev–Trinajstić information content (AvgIpc) is 3.12. The molecule has 0 unspecified atom stereocenters. The summed E-state index contributed by atoms with van der Waals surface area (Å²) in [6.45, 7) is 1.27. The summed E-state index contributed by atoms with van der Waals surface area (Å²) in [5.74, 6) is 0.415. The van der Waals surface area contributed by atoms with E-state index in [-0.39, 0.29) is 0 Å². The van der Waals surface area contributed by atoms with Gasteiger partial charge in [0.05, 0.1) is 12.1 Å². The molecule has 8 N–H and O–H groups in total. The second-order valence-electron chi connectivity index (χ2n) is 7.68. The van der Waals surface area contributed by atoms with Crippen molar-refractivity contribution in [1.82, 2.24) is 10.2 Å². The van der Waals surface area contributed by atoms with Crippen molar-refractivity contribution < 1.29 is 30.3 Å². The van der Waals surface area contributed by atoms with Gasteiger partial charge in [0.2, 0.25) is 0 Å². The van der Waals surface area contributed by atoms with Crippen LogP contribution in [-0.2, 0) is 4.74 Å². The summed E-state index contributed by atoms with van der Waals surface area (Å²) in [7, 11) is 0. The molecule has 9 nitrogen and oxygen atoms in total. The number of nitrogens with two attached hydrogens (primary N) is 1. The molecule has 1 aliphatic rings. The van der Waals surface area contributed by atoms with Crippen LogP contribution in [-0.4, -0.2) is 72.9 Å². The van der Waals surface area contributed by atoms with Gasteiger partial charge in [-0.2, -0.15) is 5.10 Å². The van der Waals surface area contributed by atoms with Crippen molar-refractivity contribution in [1.29, 1.82) is 0 Å². The number of anilines is 1. The molecule has 0 amide bonds. The third kappa shape index (κ3) is 3.45. The predicted molar refractivity (Wildman–Crippen MR) is 109 cm³/mol. The first-order chi connectivity index (χ1) is 14.3. The fourth-order valence-corrected chi connectivity index (χ4v) is 3.97. The lowest BCUT2D eigenvalue weighted by molar-refractivity contribution is -0.250. The SMILES string of the molecule is Cc1cc(-c2ccc3[nH]nc(N)c3c2)ccc1[C@@H](O)[C@H]1O[C@H](CO)[C@@H](O)[C@H](O)[C@@H]1O. The van der Waals surface area contributed by atoms with Gasteiger partial charge in [-0.25, -0.2) is 0 Å². The molecule has 0 bridgehead atoms. The van der Waals surface area contributed by atoms with Crippen LogP contribution in [0, 0.1) is 6.92 Å². The average molecular weight is 415 g/mol. The van der Waals surface area contributed by atoms with Gasteiger partial charge in [0.25, 0.3) is 0 Å². The third-order valence-corrected chi connectivity index (χ3v) is 5.75. The zero-order valence-electron chi connectivity index (χ0n) is 16.3.